The zero-order valence-electron chi connectivity index (χ0n) is 3.93. The first-order chi connectivity index (χ1) is 3.91. The summed E-state index contributed by atoms with van der Waals surface area (Å²) in [6.07, 6.45) is 1.77. The minimum absolute atomic E-state index is 1.50. The van der Waals surface area contributed by atoms with E-state index in [0.29, 0.717) is 0 Å². The van der Waals surface area contributed by atoms with Crippen molar-refractivity contribution in [1.29, 1.82) is 0 Å². The Hall–Kier alpha value is -1.06. The van der Waals surface area contributed by atoms with Crippen molar-refractivity contribution in [3.05, 3.63) is 33.1 Å². The average molecular weight is 127 g/mol. The molecule has 0 radical (unpaired) electrons. The van der Waals surface area contributed by atoms with Crippen LogP contribution >= 0.6 is 11.3 Å². The quantitative estimate of drug-likeness (QED) is 0.298. The second-order valence-corrected chi connectivity index (χ2v) is 1.52. The molecule has 0 fully saturated rings. The van der Waals surface area contributed by atoms with Crippen LogP contribution in [-0.4, -0.2) is 4.98 Å². The first-order valence-corrected chi connectivity index (χ1v) is 2.66. The fraction of sp³-hybridized carbons (Fsp3) is 0. The van der Waals surface area contributed by atoms with Gasteiger partial charge in [0.05, 0.1) is 5.51 Å². The van der Waals surface area contributed by atoms with Crippen LogP contribution in [0.1, 0.15) is 0 Å². The van der Waals surface area contributed by atoms with Gasteiger partial charge in [-0.25, -0.2) is 0 Å². The largest absolute Gasteiger partial charge is 0.373 e. The van der Waals surface area contributed by atoms with Crippen LogP contribution in [0.25, 0.3) is 16.0 Å². The molecule has 0 atom stereocenters. The van der Waals surface area contributed by atoms with Crippen molar-refractivity contribution in [2.24, 2.45) is 0 Å². The molecule has 0 aliphatic rings. The Balaban J connectivity index is 0.000000145. The van der Waals surface area contributed by atoms with Crippen molar-refractivity contribution in [3.63, 3.8) is 0 Å². The molecule has 0 saturated carbocycles. The van der Waals surface area contributed by atoms with Crippen molar-refractivity contribution < 1.29 is 0 Å². The van der Waals surface area contributed by atoms with Crippen LogP contribution in [0.2, 0.25) is 0 Å². The summed E-state index contributed by atoms with van der Waals surface area (Å²) in [4.78, 5) is 5.24. The van der Waals surface area contributed by atoms with Gasteiger partial charge in [-0.15, -0.1) is 11.3 Å². The molecule has 1 heterocycles. The molecule has 42 valence electrons. The highest BCUT2D eigenvalue weighted by atomic mass is 32.1. The van der Waals surface area contributed by atoms with E-state index in [1.807, 2.05) is 5.38 Å². The summed E-state index contributed by atoms with van der Waals surface area (Å²) < 4.78 is 0. The SMILES string of the molecule is [N-]=[N+]=[N-].c1cscn1. The third-order valence-corrected chi connectivity index (χ3v) is 0.869. The van der Waals surface area contributed by atoms with Crippen molar-refractivity contribution in [1.82, 2.24) is 4.98 Å². The number of nitrogens with zero attached hydrogens (tertiary/aromatic N) is 4. The maximum Gasteiger partial charge on any atom is 0.0791 e. The maximum absolute atomic E-state index is 6.75. The summed E-state index contributed by atoms with van der Waals surface area (Å²) >= 11 is 1.60. The van der Waals surface area contributed by atoms with Crippen LogP contribution in [0.15, 0.2) is 17.1 Å². The molecular formula is C3H3N4S-. The van der Waals surface area contributed by atoms with E-state index in [4.69, 9.17) is 11.1 Å². The Bertz CT molecular complexity index is 123. The van der Waals surface area contributed by atoms with E-state index in [9.17, 15) is 0 Å². The normalized spacial score (nSPS) is 6.00. The van der Waals surface area contributed by atoms with E-state index in [0.717, 1.165) is 0 Å². The van der Waals surface area contributed by atoms with E-state index in [1.54, 1.807) is 23.0 Å². The fourth-order valence-electron chi connectivity index (χ4n) is 0.176. The Morgan fingerprint density at radius 1 is 1.50 bits per heavy atom. The van der Waals surface area contributed by atoms with Gasteiger partial charge in [-0.05, 0) is 0 Å². The molecule has 0 aliphatic carbocycles. The molecule has 5 heteroatoms. The summed E-state index contributed by atoms with van der Waals surface area (Å²) in [6.45, 7) is 0. The van der Waals surface area contributed by atoms with E-state index in [2.05, 4.69) is 4.98 Å². The smallest absolute Gasteiger partial charge is 0.0791 e. The minimum Gasteiger partial charge on any atom is -0.373 e. The summed E-state index contributed by atoms with van der Waals surface area (Å²) in [6, 6.07) is 0. The molecule has 0 amide bonds. The summed E-state index contributed by atoms with van der Waals surface area (Å²) in [5, 5.41) is 1.93. The standard InChI is InChI=1S/C3H3NS.N3/c1-2-5-3-4-1;1-3-2/h1-3H;/q;-1. The molecule has 0 spiro atoms. The monoisotopic (exact) mass is 127 g/mol. The summed E-state index contributed by atoms with van der Waals surface area (Å²) in [7, 11) is 0. The van der Waals surface area contributed by atoms with Gasteiger partial charge in [0.15, 0.2) is 0 Å². The third kappa shape index (κ3) is 4.94. The lowest BCUT2D eigenvalue weighted by Gasteiger charge is -1.41. The molecule has 1 aromatic heterocycles. The van der Waals surface area contributed by atoms with Gasteiger partial charge in [0.2, 0.25) is 0 Å². The Morgan fingerprint density at radius 2 is 2.12 bits per heavy atom. The number of thiazole rings is 1. The van der Waals surface area contributed by atoms with Crippen LogP contribution < -0.4 is 0 Å². The van der Waals surface area contributed by atoms with Crippen LogP contribution in [0.3, 0.4) is 0 Å². The molecule has 0 aliphatic heterocycles. The molecular weight excluding hydrogens is 124 g/mol. The lowest BCUT2D eigenvalue weighted by atomic mass is 11.0. The molecule has 0 bridgehead atoms. The highest BCUT2D eigenvalue weighted by molar-refractivity contribution is 7.07. The van der Waals surface area contributed by atoms with Crippen molar-refractivity contribution >= 4 is 11.3 Å². The van der Waals surface area contributed by atoms with E-state index in [1.165, 1.54) is 4.91 Å². The maximum atomic E-state index is 6.75. The van der Waals surface area contributed by atoms with Gasteiger partial charge in [-0.2, -0.15) is 0 Å². The number of rotatable bonds is 0. The van der Waals surface area contributed by atoms with E-state index in [-0.39, 0.29) is 0 Å². The Morgan fingerprint density at radius 3 is 2.25 bits per heavy atom. The van der Waals surface area contributed by atoms with Crippen LogP contribution in [0.4, 0.5) is 0 Å². The van der Waals surface area contributed by atoms with Gasteiger partial charge in [0, 0.05) is 11.6 Å². The summed E-state index contributed by atoms with van der Waals surface area (Å²) in [5.74, 6) is 0. The van der Waals surface area contributed by atoms with Gasteiger partial charge in [-0.3, -0.25) is 9.90 Å². The molecule has 0 unspecified atom stereocenters. The van der Waals surface area contributed by atoms with Crippen LogP contribution in [0, 0.1) is 0 Å². The Labute approximate surface area is 50.2 Å². The van der Waals surface area contributed by atoms with Crippen LogP contribution in [-0.2, 0) is 0 Å². The fourth-order valence-corrected chi connectivity index (χ4v) is 0.527. The molecule has 0 aromatic carbocycles. The zero-order valence-corrected chi connectivity index (χ0v) is 4.75. The lowest BCUT2D eigenvalue weighted by Crippen LogP contribution is -1.38. The number of hydrogen-bond donors (Lipinski definition) is 0. The topological polar surface area (TPSA) is 71.6 Å². The van der Waals surface area contributed by atoms with E-state index < -0.39 is 0 Å². The number of aromatic nitrogens is 1. The van der Waals surface area contributed by atoms with Crippen molar-refractivity contribution in [2.75, 3.05) is 0 Å². The van der Waals surface area contributed by atoms with Gasteiger partial charge < -0.3 is 11.1 Å². The molecule has 0 saturated heterocycles. The molecule has 0 N–H and O–H groups in total. The number of hydrogen-bond acceptors (Lipinski definition) is 2. The predicted molar refractivity (Wildman–Crippen MR) is 32.2 cm³/mol. The minimum atomic E-state index is 1.50. The Kier molecular flexibility index (Phi) is 5.15. The van der Waals surface area contributed by atoms with Gasteiger partial charge in [0.1, 0.15) is 0 Å². The highest BCUT2D eigenvalue weighted by Gasteiger charge is 1.59. The first-order valence-electron chi connectivity index (χ1n) is 1.72. The van der Waals surface area contributed by atoms with Gasteiger partial charge in [0.25, 0.3) is 0 Å². The summed E-state index contributed by atoms with van der Waals surface area (Å²) in [5.41, 5.74) is 15.3. The average Bonchev–Trinajstić information content (AvgIpc) is 2.17. The van der Waals surface area contributed by atoms with Crippen molar-refractivity contribution in [2.45, 2.75) is 0 Å². The van der Waals surface area contributed by atoms with Crippen molar-refractivity contribution in [3.8, 4) is 0 Å². The molecule has 4 nitrogen and oxygen atoms in total. The molecule has 8 heavy (non-hydrogen) atoms. The van der Waals surface area contributed by atoms with Gasteiger partial charge >= 0.3 is 0 Å². The lowest BCUT2D eigenvalue weighted by molar-refractivity contribution is 1.43. The molecule has 1 rings (SSSR count). The van der Waals surface area contributed by atoms with Gasteiger partial charge in [-0.1, -0.05) is 0 Å². The van der Waals surface area contributed by atoms with Crippen LogP contribution in [0.5, 0.6) is 0 Å². The predicted octanol–water partition coefficient (Wildman–Crippen LogP) is 2.01. The highest BCUT2D eigenvalue weighted by Crippen LogP contribution is 1.85. The second-order valence-electron chi connectivity index (χ2n) is 0.765. The second kappa shape index (κ2) is 5.94. The first kappa shape index (κ1) is 6.94. The van der Waals surface area contributed by atoms with E-state index >= 15 is 0 Å². The molecule has 1 aromatic rings. The zero-order chi connectivity index (χ0) is 6.24. The third-order valence-electron chi connectivity index (χ3n) is 0.347.